The quantitative estimate of drug-likeness (QED) is 0.788. The molecule has 3 rings (SSSR count). The molecular weight excluding hydrogens is 293 g/mol. The zero-order chi connectivity index (χ0) is 15.4. The van der Waals surface area contributed by atoms with Crippen molar-refractivity contribution in [2.24, 2.45) is 5.41 Å². The molecule has 1 saturated heterocycles. The lowest BCUT2D eigenvalue weighted by atomic mass is 9.97. The Morgan fingerprint density at radius 2 is 1.45 bits per heavy atom. The molecule has 1 atom stereocenters. The maximum atomic E-state index is 6.06. The maximum Gasteiger partial charge on any atom is 0.199 e. The molecule has 0 aromatic heterocycles. The molecule has 0 amide bonds. The Hall–Kier alpha value is -1.41. The molecule has 0 bridgehead atoms. The van der Waals surface area contributed by atoms with Gasteiger partial charge in [0.05, 0.1) is 13.2 Å². The van der Waals surface area contributed by atoms with E-state index in [0.717, 1.165) is 18.9 Å². The molecule has 1 fully saturated rings. The summed E-state index contributed by atoms with van der Waals surface area (Å²) in [5.74, 6) is 0.0368. The minimum absolute atomic E-state index is 0.0368. The summed E-state index contributed by atoms with van der Waals surface area (Å²) in [7, 11) is -1.00. The van der Waals surface area contributed by atoms with E-state index in [9.17, 15) is 0 Å². The van der Waals surface area contributed by atoms with Crippen LogP contribution in [0.2, 0.25) is 0 Å². The van der Waals surface area contributed by atoms with Crippen LogP contribution in [0.3, 0.4) is 0 Å². The van der Waals surface area contributed by atoms with Crippen molar-refractivity contribution in [3.8, 4) is 0 Å². The van der Waals surface area contributed by atoms with Crippen LogP contribution in [0.25, 0.3) is 0 Å². The molecule has 2 aromatic carbocycles. The lowest BCUT2D eigenvalue weighted by molar-refractivity contribution is 0.0595. The van der Waals surface area contributed by atoms with Gasteiger partial charge >= 0.3 is 0 Å². The fourth-order valence-electron chi connectivity index (χ4n) is 2.29. The molecule has 1 aliphatic heterocycles. The van der Waals surface area contributed by atoms with Gasteiger partial charge in [0.25, 0.3) is 0 Å². The molecule has 2 aromatic rings. The van der Waals surface area contributed by atoms with Gasteiger partial charge in [0.15, 0.2) is 8.38 Å². The Bertz CT molecular complexity index is 579. The number of hydrogen-bond acceptors (Lipinski definition) is 3. The number of hydrogen-bond donors (Lipinski definition) is 1. The predicted molar refractivity (Wildman–Crippen MR) is 91.9 cm³/mol. The largest absolute Gasteiger partial charge is 0.370 e. The van der Waals surface area contributed by atoms with Crippen LogP contribution in [-0.2, 0) is 9.05 Å². The van der Waals surface area contributed by atoms with Gasteiger partial charge in [-0.3, -0.25) is 0 Å². The molecule has 0 spiro atoms. The Morgan fingerprint density at radius 3 is 2.05 bits per heavy atom. The number of anilines is 1. The van der Waals surface area contributed by atoms with Crippen LogP contribution in [0.5, 0.6) is 0 Å². The van der Waals surface area contributed by atoms with Gasteiger partial charge in [-0.05, 0) is 17.7 Å². The summed E-state index contributed by atoms with van der Waals surface area (Å²) >= 11 is 0. The standard InChI is InChI=1S/C18H22NO2P/c1-18(2)13-20-22(21-14-18)17(15-9-5-3-6-10-15)19-16-11-7-4-8-12-16/h3-12,17,19H,13-14H2,1-2H3. The Balaban J connectivity index is 1.81. The van der Waals surface area contributed by atoms with Crippen molar-refractivity contribution in [2.45, 2.75) is 19.6 Å². The smallest absolute Gasteiger partial charge is 0.199 e. The second kappa shape index (κ2) is 6.78. The third-order valence-electron chi connectivity index (χ3n) is 3.57. The molecule has 116 valence electrons. The minimum Gasteiger partial charge on any atom is -0.370 e. The van der Waals surface area contributed by atoms with Crippen LogP contribution < -0.4 is 5.32 Å². The van der Waals surface area contributed by atoms with Crippen LogP contribution in [0.1, 0.15) is 25.2 Å². The fraction of sp³-hybridized carbons (Fsp3) is 0.333. The number of nitrogens with one attached hydrogen (secondary N) is 1. The zero-order valence-electron chi connectivity index (χ0n) is 13.0. The van der Waals surface area contributed by atoms with Crippen molar-refractivity contribution in [1.29, 1.82) is 0 Å². The first-order valence-corrected chi connectivity index (χ1v) is 8.80. The normalized spacial score (nSPS) is 19.5. The van der Waals surface area contributed by atoms with E-state index in [1.54, 1.807) is 0 Å². The van der Waals surface area contributed by atoms with E-state index < -0.39 is 8.38 Å². The minimum atomic E-state index is -1.00. The summed E-state index contributed by atoms with van der Waals surface area (Å²) in [6.07, 6.45) is 0. The van der Waals surface area contributed by atoms with Gasteiger partial charge in [0.2, 0.25) is 0 Å². The van der Waals surface area contributed by atoms with Crippen molar-refractivity contribution < 1.29 is 9.05 Å². The summed E-state index contributed by atoms with van der Waals surface area (Å²) < 4.78 is 12.1. The molecule has 1 unspecified atom stereocenters. The van der Waals surface area contributed by atoms with Crippen LogP contribution in [0.15, 0.2) is 60.7 Å². The molecular formula is C18H22NO2P. The second-order valence-corrected chi connectivity index (χ2v) is 7.92. The predicted octanol–water partition coefficient (Wildman–Crippen LogP) is 5.18. The molecule has 4 heteroatoms. The highest BCUT2D eigenvalue weighted by Gasteiger charge is 2.34. The van der Waals surface area contributed by atoms with Gasteiger partial charge in [0.1, 0.15) is 5.78 Å². The molecule has 1 N–H and O–H groups in total. The topological polar surface area (TPSA) is 30.5 Å². The summed E-state index contributed by atoms with van der Waals surface area (Å²) in [4.78, 5) is 0. The average molecular weight is 315 g/mol. The molecule has 0 aliphatic carbocycles. The van der Waals surface area contributed by atoms with E-state index in [4.69, 9.17) is 9.05 Å². The lowest BCUT2D eigenvalue weighted by Crippen LogP contribution is -2.30. The van der Waals surface area contributed by atoms with Crippen molar-refractivity contribution in [1.82, 2.24) is 0 Å². The number of benzene rings is 2. The molecule has 0 radical (unpaired) electrons. The van der Waals surface area contributed by atoms with Crippen LogP contribution in [-0.4, -0.2) is 13.2 Å². The summed E-state index contributed by atoms with van der Waals surface area (Å²) in [5, 5.41) is 3.57. The molecule has 1 aliphatic rings. The third kappa shape index (κ3) is 3.86. The molecule has 0 saturated carbocycles. The second-order valence-electron chi connectivity index (χ2n) is 6.32. The highest BCUT2D eigenvalue weighted by molar-refractivity contribution is 7.47. The van der Waals surface area contributed by atoms with Gasteiger partial charge in [-0.2, -0.15) is 0 Å². The molecule has 1 heterocycles. The van der Waals surface area contributed by atoms with Crippen molar-refractivity contribution in [2.75, 3.05) is 18.5 Å². The highest BCUT2D eigenvalue weighted by Crippen LogP contribution is 2.56. The SMILES string of the molecule is CC1(C)COP(C(Nc2ccccc2)c2ccccc2)OC1. The van der Waals surface area contributed by atoms with Crippen LogP contribution in [0, 0.1) is 5.41 Å². The van der Waals surface area contributed by atoms with Gasteiger partial charge in [0, 0.05) is 11.1 Å². The Kier molecular flexibility index (Phi) is 4.77. The van der Waals surface area contributed by atoms with Crippen molar-refractivity contribution in [3.63, 3.8) is 0 Å². The van der Waals surface area contributed by atoms with Crippen molar-refractivity contribution >= 4 is 14.1 Å². The van der Waals surface area contributed by atoms with Gasteiger partial charge in [-0.25, -0.2) is 0 Å². The van der Waals surface area contributed by atoms with Gasteiger partial charge < -0.3 is 14.4 Å². The van der Waals surface area contributed by atoms with E-state index in [1.807, 2.05) is 24.3 Å². The lowest BCUT2D eigenvalue weighted by Gasteiger charge is -2.37. The first-order valence-electron chi connectivity index (χ1n) is 7.56. The highest BCUT2D eigenvalue weighted by atomic mass is 31.2. The van der Waals surface area contributed by atoms with Crippen LogP contribution >= 0.6 is 8.38 Å². The van der Waals surface area contributed by atoms with E-state index in [-0.39, 0.29) is 11.2 Å². The monoisotopic (exact) mass is 315 g/mol. The van der Waals surface area contributed by atoms with Crippen LogP contribution in [0.4, 0.5) is 5.69 Å². The summed E-state index contributed by atoms with van der Waals surface area (Å²) in [6.45, 7) is 5.81. The Labute approximate surface area is 133 Å². The maximum absolute atomic E-state index is 6.06. The third-order valence-corrected chi connectivity index (χ3v) is 5.18. The van der Waals surface area contributed by atoms with E-state index >= 15 is 0 Å². The summed E-state index contributed by atoms with van der Waals surface area (Å²) in [5.41, 5.74) is 2.36. The van der Waals surface area contributed by atoms with Crippen molar-refractivity contribution in [3.05, 3.63) is 66.2 Å². The Morgan fingerprint density at radius 1 is 0.909 bits per heavy atom. The van der Waals surface area contributed by atoms with E-state index in [1.165, 1.54) is 5.56 Å². The number of rotatable bonds is 4. The van der Waals surface area contributed by atoms with E-state index in [2.05, 4.69) is 55.6 Å². The fourth-order valence-corrected chi connectivity index (χ4v) is 4.29. The average Bonchev–Trinajstić information content (AvgIpc) is 2.55. The first kappa shape index (κ1) is 15.5. The van der Waals surface area contributed by atoms with Gasteiger partial charge in [-0.1, -0.05) is 62.4 Å². The van der Waals surface area contributed by atoms with Gasteiger partial charge in [-0.15, -0.1) is 0 Å². The first-order chi connectivity index (χ1) is 10.6. The number of para-hydroxylation sites is 1. The summed E-state index contributed by atoms with van der Waals surface area (Å²) in [6, 6.07) is 20.6. The zero-order valence-corrected chi connectivity index (χ0v) is 13.9. The van der Waals surface area contributed by atoms with E-state index in [0.29, 0.717) is 0 Å². The molecule has 3 nitrogen and oxygen atoms in total. The molecule has 22 heavy (non-hydrogen) atoms.